The topological polar surface area (TPSA) is 325 Å². The Balaban J connectivity index is 0.776. The number of benzene rings is 3. The van der Waals surface area contributed by atoms with Crippen LogP contribution < -0.4 is 4.74 Å². The summed E-state index contributed by atoms with van der Waals surface area (Å²) >= 11 is 0. The van der Waals surface area contributed by atoms with Crippen molar-refractivity contribution in [3.63, 3.8) is 0 Å². The molecule has 0 bridgehead atoms. The van der Waals surface area contributed by atoms with Crippen LogP contribution >= 0.6 is 0 Å². The summed E-state index contributed by atoms with van der Waals surface area (Å²) in [6.07, 6.45) is 32.3. The Labute approximate surface area is 706 Å². The van der Waals surface area contributed by atoms with E-state index in [-0.39, 0.29) is 150 Å². The number of rotatable bonds is 73. The van der Waals surface area contributed by atoms with Gasteiger partial charge in [0.15, 0.2) is 0 Å². The zero-order valence-corrected chi connectivity index (χ0v) is 71.1. The molecule has 0 spiro atoms. The second-order valence-corrected chi connectivity index (χ2v) is 30.3. The van der Waals surface area contributed by atoms with Crippen LogP contribution in [0.3, 0.4) is 0 Å². The maximum Gasteiger partial charge on any atom is 0.343 e. The molecule has 119 heavy (non-hydrogen) atoms. The van der Waals surface area contributed by atoms with Gasteiger partial charge in [0.05, 0.1) is 84.3 Å². The lowest BCUT2D eigenvalue weighted by Gasteiger charge is -2.29. The number of ether oxygens (including phenoxy) is 13. The molecule has 25 heteroatoms. The molecular formula is C94H138O25. The molecule has 0 aliphatic heterocycles. The highest BCUT2D eigenvalue weighted by Gasteiger charge is 2.24. The summed E-state index contributed by atoms with van der Waals surface area (Å²) in [5.41, 5.74) is 3.94. The van der Waals surface area contributed by atoms with Gasteiger partial charge < -0.3 is 61.6 Å². The van der Waals surface area contributed by atoms with Crippen molar-refractivity contribution in [3.05, 3.63) is 103 Å². The van der Waals surface area contributed by atoms with Crippen LogP contribution in [0.4, 0.5) is 0 Å². The van der Waals surface area contributed by atoms with Gasteiger partial charge >= 0.3 is 71.6 Å². The predicted molar refractivity (Wildman–Crippen MR) is 448 cm³/mol. The Morgan fingerprint density at radius 3 is 0.773 bits per heavy atom. The predicted octanol–water partition coefficient (Wildman–Crippen LogP) is 18.9. The van der Waals surface area contributed by atoms with E-state index < -0.39 is 5.97 Å². The molecule has 1 aliphatic rings. The van der Waals surface area contributed by atoms with Crippen molar-refractivity contribution in [2.75, 3.05) is 79.3 Å². The molecule has 1 aliphatic carbocycles. The Bertz CT molecular complexity index is 3290. The highest BCUT2D eigenvalue weighted by atomic mass is 16.6. The first-order chi connectivity index (χ1) is 58.1. The summed E-state index contributed by atoms with van der Waals surface area (Å²) in [5.74, 6) is -2.56. The van der Waals surface area contributed by atoms with E-state index in [0.717, 1.165) is 107 Å². The molecule has 3 aromatic rings. The van der Waals surface area contributed by atoms with Crippen LogP contribution in [0.15, 0.2) is 91.5 Å². The molecule has 0 radical (unpaired) electrons. The second-order valence-electron chi connectivity index (χ2n) is 30.3. The standard InChI is InChI=1S/C94H138O25/c1-2-83(95)108-65-30-6-18-42-85(97)110-67-32-8-20-44-87(99)112-69-34-10-22-46-89(101)114-71-36-12-24-48-91(103)116-73-38-14-26-50-93(105)118-75-39-15-27-51-92(104)117-74-37-13-25-49-90(102)115-72-35-11-23-47-88(100)113-70-33-9-21-45-86(98)111-68-31-7-19-43-84(96)109-66-29-4-3-28-64-107-81-60-56-79(57-61-81)77-52-54-80(55-53-77)94(106)119-82-62-58-78(59-63-82)76-40-16-5-17-41-76/h2,5,16-17,40-41,52-55,58-59,62-63,79,81H,1,3-4,6-15,18-39,42-51,56-57,60-61,64-75H2. The van der Waals surface area contributed by atoms with Gasteiger partial charge in [0, 0.05) is 76.9 Å². The average molecular weight is 1670 g/mol. The molecule has 0 N–H and O–H groups in total. The molecule has 664 valence electrons. The zero-order valence-electron chi connectivity index (χ0n) is 71.1. The lowest BCUT2D eigenvalue weighted by molar-refractivity contribution is -0.146. The molecular weight excluding hydrogens is 1530 g/mol. The molecule has 0 amide bonds. The van der Waals surface area contributed by atoms with E-state index >= 15 is 0 Å². The smallest absolute Gasteiger partial charge is 0.343 e. The summed E-state index contributed by atoms with van der Waals surface area (Å²) in [6.45, 7) is 7.37. The number of unbranched alkanes of at least 4 members (excludes halogenated alkanes) is 23. The fourth-order valence-electron chi connectivity index (χ4n) is 13.1. The highest BCUT2D eigenvalue weighted by Crippen LogP contribution is 2.35. The van der Waals surface area contributed by atoms with Crippen LogP contribution in [-0.4, -0.2) is 157 Å². The summed E-state index contributed by atoms with van der Waals surface area (Å²) < 4.78 is 70.0. The van der Waals surface area contributed by atoms with Crippen LogP contribution in [0.1, 0.15) is 330 Å². The quantitative estimate of drug-likeness (QED) is 0.0167. The third kappa shape index (κ3) is 57.0. The summed E-state index contributed by atoms with van der Waals surface area (Å²) in [5, 5.41) is 0. The minimum Gasteiger partial charge on any atom is -0.466 e. The van der Waals surface area contributed by atoms with Crippen molar-refractivity contribution < 1.29 is 119 Å². The van der Waals surface area contributed by atoms with Crippen molar-refractivity contribution in [3.8, 4) is 16.9 Å². The molecule has 0 aromatic heterocycles. The number of carbonyl (C=O) groups excluding carboxylic acids is 12. The van der Waals surface area contributed by atoms with Gasteiger partial charge in [-0.05, 0) is 284 Å². The van der Waals surface area contributed by atoms with Crippen LogP contribution in [0.2, 0.25) is 0 Å². The van der Waals surface area contributed by atoms with Gasteiger partial charge in [0.25, 0.3) is 0 Å². The van der Waals surface area contributed by atoms with E-state index in [1.165, 1.54) is 5.56 Å². The van der Waals surface area contributed by atoms with Gasteiger partial charge in [-0.2, -0.15) is 0 Å². The third-order valence-corrected chi connectivity index (χ3v) is 20.2. The maximum absolute atomic E-state index is 12.9. The highest BCUT2D eigenvalue weighted by molar-refractivity contribution is 5.91. The number of hydrogen-bond acceptors (Lipinski definition) is 25. The van der Waals surface area contributed by atoms with Crippen molar-refractivity contribution in [1.29, 1.82) is 0 Å². The summed E-state index contributed by atoms with van der Waals surface area (Å²) in [7, 11) is 0. The fraction of sp³-hybridized carbons (Fsp3) is 0.660. The second kappa shape index (κ2) is 69.8. The van der Waals surface area contributed by atoms with E-state index in [4.69, 9.17) is 61.6 Å². The van der Waals surface area contributed by atoms with Crippen molar-refractivity contribution in [2.24, 2.45) is 0 Å². The van der Waals surface area contributed by atoms with E-state index in [9.17, 15) is 57.5 Å². The lowest BCUT2D eigenvalue weighted by Crippen LogP contribution is -2.21. The normalized spacial score (nSPS) is 12.9. The molecule has 0 unspecified atom stereocenters. The van der Waals surface area contributed by atoms with Gasteiger partial charge in [-0.15, -0.1) is 0 Å². The first kappa shape index (κ1) is 102. The maximum atomic E-state index is 12.9. The molecule has 0 heterocycles. The zero-order chi connectivity index (χ0) is 85.5. The number of carbonyl (C=O) groups is 12. The Kier molecular flexibility index (Phi) is 60.0. The molecule has 25 nitrogen and oxygen atoms in total. The van der Waals surface area contributed by atoms with Gasteiger partial charge in [-0.3, -0.25) is 47.9 Å². The molecule has 1 fully saturated rings. The van der Waals surface area contributed by atoms with Gasteiger partial charge in [0.2, 0.25) is 0 Å². The number of hydrogen-bond donors (Lipinski definition) is 0. The Morgan fingerprint density at radius 1 is 0.261 bits per heavy atom. The fourth-order valence-corrected chi connectivity index (χ4v) is 13.1. The van der Waals surface area contributed by atoms with Crippen molar-refractivity contribution in [1.82, 2.24) is 0 Å². The van der Waals surface area contributed by atoms with Crippen LogP contribution in [0.5, 0.6) is 5.75 Å². The monoisotopic (exact) mass is 1670 g/mol. The minimum absolute atomic E-state index is 0.200. The first-order valence-corrected chi connectivity index (χ1v) is 44.5. The Morgan fingerprint density at radius 2 is 0.504 bits per heavy atom. The average Bonchev–Trinajstić information content (AvgIpc) is 0.839. The molecule has 0 saturated heterocycles. The Hall–Kier alpha value is -9.00. The summed E-state index contributed by atoms with van der Waals surface area (Å²) in [6, 6.07) is 25.4. The first-order valence-electron chi connectivity index (χ1n) is 44.5. The van der Waals surface area contributed by atoms with Crippen molar-refractivity contribution >= 4 is 71.6 Å². The van der Waals surface area contributed by atoms with E-state index in [1.807, 2.05) is 66.7 Å². The molecule has 3 aromatic carbocycles. The van der Waals surface area contributed by atoms with Crippen molar-refractivity contribution in [2.45, 2.75) is 320 Å². The molecule has 1 saturated carbocycles. The molecule has 0 atom stereocenters. The van der Waals surface area contributed by atoms with Gasteiger partial charge in [-0.25, -0.2) is 9.59 Å². The van der Waals surface area contributed by atoms with Crippen LogP contribution in [0.25, 0.3) is 11.1 Å². The summed E-state index contributed by atoms with van der Waals surface area (Å²) in [4.78, 5) is 145. The third-order valence-electron chi connectivity index (χ3n) is 20.2. The van der Waals surface area contributed by atoms with Crippen LogP contribution in [-0.2, 0) is 110 Å². The minimum atomic E-state index is -0.457. The largest absolute Gasteiger partial charge is 0.466 e. The SMILES string of the molecule is C=CC(=O)OCCCCCC(=O)OCCCCCC(=O)OCCCCCC(=O)OCCCCCC(=O)OCCCCCC(=O)OCCCCCC(=O)OCCCCCC(=O)OCCCCCC(=O)OCCCCCC(=O)OCCCCCC(=O)OCCCCCCOC1CCC(c2ccc(C(=O)Oc3ccc(-c4ccccc4)cc3)cc2)CC1. The molecule has 4 rings (SSSR count). The number of esters is 12. The van der Waals surface area contributed by atoms with E-state index in [0.29, 0.717) is 236 Å². The van der Waals surface area contributed by atoms with Gasteiger partial charge in [-0.1, -0.05) is 67.6 Å². The van der Waals surface area contributed by atoms with Gasteiger partial charge in [0.1, 0.15) is 5.75 Å². The lowest BCUT2D eigenvalue weighted by atomic mass is 9.82. The van der Waals surface area contributed by atoms with E-state index in [2.05, 4.69) is 18.7 Å². The van der Waals surface area contributed by atoms with E-state index in [1.54, 1.807) is 0 Å². The van der Waals surface area contributed by atoms with Crippen LogP contribution in [0, 0.1) is 0 Å².